The van der Waals surface area contributed by atoms with E-state index in [4.69, 9.17) is 4.52 Å². The Balaban J connectivity index is 1.64. The first-order valence-corrected chi connectivity index (χ1v) is 11.3. The second-order valence-electron chi connectivity index (χ2n) is 8.34. The van der Waals surface area contributed by atoms with Crippen molar-refractivity contribution in [1.82, 2.24) is 15.5 Å². The summed E-state index contributed by atoms with van der Waals surface area (Å²) in [6, 6.07) is 15.2. The van der Waals surface area contributed by atoms with Gasteiger partial charge >= 0.3 is 6.03 Å². The van der Waals surface area contributed by atoms with E-state index in [9.17, 15) is 18.0 Å². The Labute approximate surface area is 205 Å². The number of nitrogens with zero attached hydrogens (tertiary/aromatic N) is 3. The van der Waals surface area contributed by atoms with E-state index in [1.54, 1.807) is 19.1 Å². The van der Waals surface area contributed by atoms with Crippen molar-refractivity contribution in [2.45, 2.75) is 26.3 Å². The van der Waals surface area contributed by atoms with Gasteiger partial charge in [-0.05, 0) is 48.7 Å². The van der Waals surface area contributed by atoms with Gasteiger partial charge in [0.05, 0.1) is 17.3 Å². The number of nitrogens with one attached hydrogen (secondary N) is 1. The molecule has 0 spiro atoms. The summed E-state index contributed by atoms with van der Waals surface area (Å²) in [6.07, 6.45) is 0.892. The number of aromatic nitrogens is 2. The lowest BCUT2D eigenvalue weighted by molar-refractivity contribution is 0.244. The summed E-state index contributed by atoms with van der Waals surface area (Å²) in [4.78, 5) is 18.9. The van der Waals surface area contributed by atoms with Crippen LogP contribution >= 0.6 is 0 Å². The van der Waals surface area contributed by atoms with E-state index in [2.05, 4.69) is 22.4 Å². The number of carbonyl (C=O) groups is 1. The molecule has 36 heavy (non-hydrogen) atoms. The molecule has 1 unspecified atom stereocenters. The number of hydrogen-bond donors (Lipinski definition) is 1. The third-order valence-electron chi connectivity index (χ3n) is 6.13. The van der Waals surface area contributed by atoms with Crippen molar-refractivity contribution in [3.8, 4) is 11.4 Å². The van der Waals surface area contributed by atoms with Gasteiger partial charge in [0.15, 0.2) is 11.6 Å². The van der Waals surface area contributed by atoms with Gasteiger partial charge in [-0.3, -0.25) is 4.90 Å². The number of benzene rings is 3. The fourth-order valence-corrected chi connectivity index (χ4v) is 4.20. The Hall–Kier alpha value is -4.40. The first-order valence-electron chi connectivity index (χ1n) is 11.3. The molecule has 3 aromatic carbocycles. The molecule has 6 nitrogen and oxygen atoms in total. The van der Waals surface area contributed by atoms with Gasteiger partial charge in [-0.15, -0.1) is 0 Å². The van der Waals surface area contributed by atoms with Crippen LogP contribution in [0.15, 0.2) is 77.0 Å². The van der Waals surface area contributed by atoms with Crippen molar-refractivity contribution in [1.29, 1.82) is 0 Å². The molecule has 0 fully saturated rings. The molecule has 4 aromatic rings. The molecule has 0 radical (unpaired) electrons. The van der Waals surface area contributed by atoms with Crippen molar-refractivity contribution in [3.05, 3.63) is 107 Å². The summed E-state index contributed by atoms with van der Waals surface area (Å²) in [5, 5.41) is 6.96. The predicted molar refractivity (Wildman–Crippen MR) is 128 cm³/mol. The molecule has 1 aliphatic rings. The average molecular weight is 490 g/mol. The Morgan fingerprint density at radius 1 is 0.972 bits per heavy atom. The number of aryl methyl sites for hydroxylation is 1. The predicted octanol–water partition coefficient (Wildman–Crippen LogP) is 6.42. The first-order chi connectivity index (χ1) is 17.4. The van der Waals surface area contributed by atoms with E-state index >= 15 is 0 Å². The van der Waals surface area contributed by atoms with Gasteiger partial charge in [0.1, 0.15) is 5.82 Å². The zero-order chi connectivity index (χ0) is 25.4. The van der Waals surface area contributed by atoms with Crippen molar-refractivity contribution >= 4 is 17.3 Å². The third-order valence-corrected chi connectivity index (χ3v) is 6.13. The van der Waals surface area contributed by atoms with Crippen LogP contribution in [0.5, 0.6) is 0 Å². The lowest BCUT2D eigenvalue weighted by Gasteiger charge is -2.35. The maximum absolute atomic E-state index is 14.0. The summed E-state index contributed by atoms with van der Waals surface area (Å²) in [5.41, 5.74) is 3.42. The quantitative estimate of drug-likeness (QED) is 0.351. The summed E-state index contributed by atoms with van der Waals surface area (Å²) in [6.45, 7) is 3.70. The smallest absolute Gasteiger partial charge is 0.327 e. The minimum atomic E-state index is -1.09. The molecule has 2 heterocycles. The summed E-state index contributed by atoms with van der Waals surface area (Å²) >= 11 is 0. The molecule has 0 aliphatic carbocycles. The van der Waals surface area contributed by atoms with Crippen molar-refractivity contribution in [2.24, 2.45) is 0 Å². The van der Waals surface area contributed by atoms with E-state index in [-0.39, 0.29) is 11.6 Å². The number of halogens is 3. The molecule has 9 heteroatoms. The normalized spacial score (nSPS) is 15.9. The first kappa shape index (κ1) is 23.3. The SMILES string of the molecule is CCc1ccc(-c2noc(C3=C(C)N(c4ccc(F)c(F)c4)C(=O)NC3c3ccc(F)cc3)n2)cc1. The summed E-state index contributed by atoms with van der Waals surface area (Å²) < 4.78 is 46.8. The molecule has 1 aliphatic heterocycles. The maximum atomic E-state index is 14.0. The van der Waals surface area contributed by atoms with Crippen molar-refractivity contribution < 1.29 is 22.5 Å². The highest BCUT2D eigenvalue weighted by Gasteiger charge is 2.36. The van der Waals surface area contributed by atoms with Crippen LogP contribution in [-0.2, 0) is 6.42 Å². The van der Waals surface area contributed by atoms with Gasteiger partial charge in [0, 0.05) is 17.3 Å². The molecule has 1 aromatic heterocycles. The second kappa shape index (κ2) is 9.33. The van der Waals surface area contributed by atoms with Crippen LogP contribution in [0.1, 0.15) is 36.9 Å². The lowest BCUT2D eigenvalue weighted by atomic mass is 9.94. The largest absolute Gasteiger partial charge is 0.334 e. The molecule has 0 bridgehead atoms. The Morgan fingerprint density at radius 3 is 2.36 bits per heavy atom. The number of allylic oxidation sites excluding steroid dienone is 1. The molecule has 0 saturated carbocycles. The van der Waals surface area contributed by atoms with Gasteiger partial charge in [0.2, 0.25) is 5.82 Å². The monoisotopic (exact) mass is 490 g/mol. The fourth-order valence-electron chi connectivity index (χ4n) is 4.20. The summed E-state index contributed by atoms with van der Waals surface area (Å²) in [7, 11) is 0. The van der Waals surface area contributed by atoms with Crippen LogP contribution in [0.4, 0.5) is 23.7 Å². The topological polar surface area (TPSA) is 71.3 Å². The van der Waals surface area contributed by atoms with E-state index < -0.39 is 29.5 Å². The fraction of sp³-hybridized carbons (Fsp3) is 0.148. The number of amides is 2. The van der Waals surface area contributed by atoms with E-state index in [1.165, 1.54) is 23.1 Å². The molecule has 1 N–H and O–H groups in total. The van der Waals surface area contributed by atoms with Crippen molar-refractivity contribution in [2.75, 3.05) is 4.90 Å². The second-order valence-corrected chi connectivity index (χ2v) is 8.34. The molecule has 182 valence electrons. The molecule has 2 amide bonds. The summed E-state index contributed by atoms with van der Waals surface area (Å²) in [5.74, 6) is -2.07. The van der Waals surface area contributed by atoms with E-state index in [0.29, 0.717) is 22.7 Å². The van der Waals surface area contributed by atoms with Gasteiger partial charge in [-0.25, -0.2) is 18.0 Å². The number of anilines is 1. The average Bonchev–Trinajstić information content (AvgIpc) is 3.36. The highest BCUT2D eigenvalue weighted by Crippen LogP contribution is 2.39. The van der Waals surface area contributed by atoms with Gasteiger partial charge < -0.3 is 9.84 Å². The molecular formula is C27H21F3N4O2. The minimum absolute atomic E-state index is 0.119. The van der Waals surface area contributed by atoms with Gasteiger partial charge in [-0.1, -0.05) is 48.5 Å². The Bertz CT molecular complexity index is 1460. The zero-order valence-electron chi connectivity index (χ0n) is 19.4. The number of rotatable bonds is 5. The third kappa shape index (κ3) is 4.24. The van der Waals surface area contributed by atoms with Crippen LogP contribution in [0.25, 0.3) is 17.0 Å². The van der Waals surface area contributed by atoms with Gasteiger partial charge in [-0.2, -0.15) is 4.98 Å². The minimum Gasteiger partial charge on any atom is -0.334 e. The maximum Gasteiger partial charge on any atom is 0.327 e. The van der Waals surface area contributed by atoms with Crippen LogP contribution < -0.4 is 10.2 Å². The van der Waals surface area contributed by atoms with Crippen LogP contribution in [0.2, 0.25) is 0 Å². The Morgan fingerprint density at radius 2 is 1.69 bits per heavy atom. The van der Waals surface area contributed by atoms with E-state index in [1.807, 2.05) is 24.3 Å². The van der Waals surface area contributed by atoms with Crippen LogP contribution in [0, 0.1) is 17.5 Å². The highest BCUT2D eigenvalue weighted by molar-refractivity contribution is 6.01. The highest BCUT2D eigenvalue weighted by atomic mass is 19.2. The standard InChI is InChI=1S/C27H21F3N4O2/c1-3-16-4-6-18(7-5-16)25-32-26(36-33-25)23-15(2)34(20-12-13-21(29)22(30)14-20)27(35)31-24(23)17-8-10-19(28)11-9-17/h4-14,24H,3H2,1-2H3,(H,31,35). The molecule has 0 saturated heterocycles. The van der Waals surface area contributed by atoms with Gasteiger partial charge in [0.25, 0.3) is 5.89 Å². The number of carbonyl (C=O) groups excluding carboxylic acids is 1. The number of hydrogen-bond acceptors (Lipinski definition) is 4. The molecular weight excluding hydrogens is 469 g/mol. The van der Waals surface area contributed by atoms with Crippen molar-refractivity contribution in [3.63, 3.8) is 0 Å². The lowest BCUT2D eigenvalue weighted by Crippen LogP contribution is -2.46. The van der Waals surface area contributed by atoms with Crippen LogP contribution in [0.3, 0.4) is 0 Å². The Kier molecular flexibility index (Phi) is 6.05. The van der Waals surface area contributed by atoms with E-state index in [0.717, 1.165) is 29.7 Å². The van der Waals surface area contributed by atoms with Crippen LogP contribution in [-0.4, -0.2) is 16.2 Å². The molecule has 1 atom stereocenters. The molecule has 5 rings (SSSR count). The number of urea groups is 1. The zero-order valence-corrected chi connectivity index (χ0v) is 19.4.